The minimum Gasteiger partial charge on any atom is -0.356 e. The molecule has 0 spiro atoms. The first-order valence-corrected chi connectivity index (χ1v) is 4.80. The van der Waals surface area contributed by atoms with Crippen LogP contribution in [0.1, 0.15) is 18.6 Å². The summed E-state index contributed by atoms with van der Waals surface area (Å²) in [6, 6.07) is 0. The number of aryl methyl sites for hydroxylation is 1. The highest BCUT2D eigenvalue weighted by atomic mass is 16.5. The molecule has 0 aromatic carbocycles. The second-order valence-electron chi connectivity index (χ2n) is 2.89. The molecule has 0 radical (unpaired) electrons. The normalized spacial score (nSPS) is 11.5. The molecule has 7 heteroatoms. The summed E-state index contributed by atoms with van der Waals surface area (Å²) in [5, 5.41) is 6.65. The lowest BCUT2D eigenvalue weighted by Crippen LogP contribution is -2.41. The van der Waals surface area contributed by atoms with Crippen LogP contribution < -0.4 is 16.6 Å². The van der Waals surface area contributed by atoms with E-state index in [0.717, 1.165) is 6.54 Å². The highest BCUT2D eigenvalue weighted by molar-refractivity contribution is 5.79. The van der Waals surface area contributed by atoms with Crippen LogP contribution in [0.25, 0.3) is 0 Å². The van der Waals surface area contributed by atoms with E-state index in [0.29, 0.717) is 30.6 Å². The molecule has 84 valence electrons. The van der Waals surface area contributed by atoms with Crippen LogP contribution in [0.2, 0.25) is 0 Å². The van der Waals surface area contributed by atoms with E-state index in [-0.39, 0.29) is 0 Å². The Kier molecular flexibility index (Phi) is 4.55. The highest BCUT2D eigenvalue weighted by Gasteiger charge is 2.01. The third-order valence-corrected chi connectivity index (χ3v) is 1.65. The topological polar surface area (TPSA) is 101 Å². The number of aromatic nitrogens is 2. The number of nitrogens with one attached hydrogen (secondary N) is 2. The van der Waals surface area contributed by atoms with Gasteiger partial charge in [0.25, 0.3) is 0 Å². The Morgan fingerprint density at radius 2 is 2.40 bits per heavy atom. The molecule has 0 fully saturated rings. The van der Waals surface area contributed by atoms with Gasteiger partial charge in [-0.1, -0.05) is 5.16 Å². The van der Waals surface area contributed by atoms with Crippen LogP contribution >= 0.6 is 0 Å². The average molecular weight is 212 g/mol. The van der Waals surface area contributed by atoms with Gasteiger partial charge in [0.05, 0.1) is 6.54 Å². The maximum absolute atomic E-state index is 5.25. The lowest BCUT2D eigenvalue weighted by atomic mass is 10.4. The molecule has 1 heterocycles. The van der Waals surface area contributed by atoms with Crippen molar-refractivity contribution in [1.82, 2.24) is 20.9 Å². The van der Waals surface area contributed by atoms with Crippen molar-refractivity contribution in [2.45, 2.75) is 20.3 Å². The van der Waals surface area contributed by atoms with Gasteiger partial charge in [-0.2, -0.15) is 4.98 Å². The first-order valence-electron chi connectivity index (χ1n) is 4.80. The molecule has 0 bridgehead atoms. The molecule has 15 heavy (non-hydrogen) atoms. The molecule has 1 rings (SSSR count). The van der Waals surface area contributed by atoms with Crippen molar-refractivity contribution in [1.29, 1.82) is 0 Å². The van der Waals surface area contributed by atoms with E-state index in [1.807, 2.05) is 6.92 Å². The predicted molar refractivity (Wildman–Crippen MR) is 56.0 cm³/mol. The van der Waals surface area contributed by atoms with E-state index in [1.165, 1.54) is 0 Å². The van der Waals surface area contributed by atoms with Gasteiger partial charge >= 0.3 is 0 Å². The zero-order valence-electron chi connectivity index (χ0n) is 8.95. The van der Waals surface area contributed by atoms with Gasteiger partial charge < -0.3 is 9.84 Å². The van der Waals surface area contributed by atoms with E-state index in [9.17, 15) is 0 Å². The molecule has 0 aliphatic rings. The van der Waals surface area contributed by atoms with E-state index in [4.69, 9.17) is 10.4 Å². The lowest BCUT2D eigenvalue weighted by molar-refractivity contribution is 0.376. The number of hydrogen-bond acceptors (Lipinski definition) is 5. The summed E-state index contributed by atoms with van der Waals surface area (Å²) in [7, 11) is 0. The van der Waals surface area contributed by atoms with Gasteiger partial charge in [-0.25, -0.2) is 5.84 Å². The Morgan fingerprint density at radius 3 is 2.93 bits per heavy atom. The minimum atomic E-state index is 0.550. The van der Waals surface area contributed by atoms with E-state index in [1.54, 1.807) is 6.92 Å². The minimum absolute atomic E-state index is 0.550. The Balaban J connectivity index is 2.36. The summed E-state index contributed by atoms with van der Waals surface area (Å²) in [5.74, 6) is 7.04. The van der Waals surface area contributed by atoms with E-state index in [2.05, 4.69) is 25.9 Å². The van der Waals surface area contributed by atoms with E-state index >= 15 is 0 Å². The third kappa shape index (κ3) is 3.94. The second kappa shape index (κ2) is 5.97. The van der Waals surface area contributed by atoms with Gasteiger partial charge in [-0.15, -0.1) is 0 Å². The van der Waals surface area contributed by atoms with Gasteiger partial charge in [0.2, 0.25) is 11.9 Å². The molecule has 0 amide bonds. The number of aliphatic imine (C=N–C) groups is 1. The van der Waals surface area contributed by atoms with Gasteiger partial charge in [-0.05, 0) is 13.8 Å². The fraction of sp³-hybridized carbons (Fsp3) is 0.625. The van der Waals surface area contributed by atoms with Crippen LogP contribution in [-0.4, -0.2) is 29.2 Å². The summed E-state index contributed by atoms with van der Waals surface area (Å²) < 4.78 is 4.94. The Hall–Kier alpha value is -1.63. The van der Waals surface area contributed by atoms with E-state index < -0.39 is 0 Å². The first kappa shape index (κ1) is 11.4. The largest absolute Gasteiger partial charge is 0.356 e. The fourth-order valence-electron chi connectivity index (χ4n) is 1.02. The highest BCUT2D eigenvalue weighted by Crippen LogP contribution is 1.96. The number of hydrogen-bond donors (Lipinski definition) is 3. The van der Waals surface area contributed by atoms with Gasteiger partial charge in [0.1, 0.15) is 0 Å². The van der Waals surface area contributed by atoms with Crippen LogP contribution in [-0.2, 0) is 6.42 Å². The lowest BCUT2D eigenvalue weighted by Gasteiger charge is -2.05. The molecule has 0 saturated carbocycles. The maximum Gasteiger partial charge on any atom is 0.228 e. The quantitative estimate of drug-likeness (QED) is 0.265. The van der Waals surface area contributed by atoms with Gasteiger partial charge in [0.15, 0.2) is 5.82 Å². The summed E-state index contributed by atoms with van der Waals surface area (Å²) in [6.07, 6.45) is 0.609. The molecule has 0 aliphatic carbocycles. The predicted octanol–water partition coefficient (Wildman–Crippen LogP) is -0.651. The van der Waals surface area contributed by atoms with Crippen LogP contribution in [0.4, 0.5) is 0 Å². The molecule has 1 aromatic rings. The Bertz CT molecular complexity index is 321. The number of guanidine groups is 1. The third-order valence-electron chi connectivity index (χ3n) is 1.65. The molecule has 0 atom stereocenters. The van der Waals surface area contributed by atoms with Crippen molar-refractivity contribution in [3.63, 3.8) is 0 Å². The molecular weight excluding hydrogens is 196 g/mol. The van der Waals surface area contributed by atoms with Crippen molar-refractivity contribution >= 4 is 5.96 Å². The summed E-state index contributed by atoms with van der Waals surface area (Å²) in [5.41, 5.74) is 2.47. The van der Waals surface area contributed by atoms with Crippen LogP contribution in [0.5, 0.6) is 0 Å². The average Bonchev–Trinajstić information content (AvgIpc) is 2.63. The number of nitrogens with two attached hydrogens (primary N) is 1. The maximum atomic E-state index is 5.25. The Labute approximate surface area is 88.1 Å². The van der Waals surface area contributed by atoms with Crippen molar-refractivity contribution in [3.8, 4) is 0 Å². The number of rotatable bonds is 4. The summed E-state index contributed by atoms with van der Waals surface area (Å²) >= 11 is 0. The molecule has 1 aromatic heterocycles. The second-order valence-corrected chi connectivity index (χ2v) is 2.89. The monoisotopic (exact) mass is 212 g/mol. The number of hydrazine groups is 1. The zero-order chi connectivity index (χ0) is 11.1. The van der Waals surface area contributed by atoms with Crippen molar-refractivity contribution in [2.75, 3.05) is 13.1 Å². The van der Waals surface area contributed by atoms with Gasteiger partial charge in [-0.3, -0.25) is 10.4 Å². The van der Waals surface area contributed by atoms with Crippen molar-refractivity contribution in [3.05, 3.63) is 11.7 Å². The zero-order valence-corrected chi connectivity index (χ0v) is 8.95. The Morgan fingerprint density at radius 1 is 1.60 bits per heavy atom. The molecule has 0 saturated heterocycles. The summed E-state index contributed by atoms with van der Waals surface area (Å²) in [4.78, 5) is 8.24. The van der Waals surface area contributed by atoms with Crippen LogP contribution in [0, 0.1) is 6.92 Å². The first-order chi connectivity index (χ1) is 7.26. The molecular formula is C8H16N6O. The van der Waals surface area contributed by atoms with Crippen LogP contribution in [0.3, 0.4) is 0 Å². The van der Waals surface area contributed by atoms with Gasteiger partial charge in [0, 0.05) is 13.0 Å². The molecule has 0 unspecified atom stereocenters. The molecule has 7 nitrogen and oxygen atoms in total. The fourth-order valence-corrected chi connectivity index (χ4v) is 1.02. The summed E-state index contributed by atoms with van der Waals surface area (Å²) in [6.45, 7) is 5.06. The SMILES string of the molecule is CCNC(=NCCc1nc(C)no1)NN. The molecule has 4 N–H and O–H groups in total. The van der Waals surface area contributed by atoms with Crippen molar-refractivity contribution < 1.29 is 4.52 Å². The molecule has 0 aliphatic heterocycles. The smallest absolute Gasteiger partial charge is 0.228 e. The standard InChI is InChI=1S/C8H16N6O/c1-3-10-8(13-9)11-5-4-7-12-6(2)14-15-7/h3-5,9H2,1-2H3,(H2,10,11,13). The van der Waals surface area contributed by atoms with Crippen molar-refractivity contribution in [2.24, 2.45) is 10.8 Å². The van der Waals surface area contributed by atoms with Crippen LogP contribution in [0.15, 0.2) is 9.52 Å². The number of nitrogens with zero attached hydrogens (tertiary/aromatic N) is 3.